The molecule has 0 bridgehead atoms. The maximum Gasteiger partial charge on any atom is 0.237 e. The highest BCUT2D eigenvalue weighted by molar-refractivity contribution is 5.81. The van der Waals surface area contributed by atoms with E-state index in [1.807, 2.05) is 32.0 Å². The molecular weight excluding hydrogens is 268 g/mol. The van der Waals surface area contributed by atoms with Gasteiger partial charge < -0.3 is 20.5 Å². The second kappa shape index (κ2) is 7.31. The fraction of sp³-hybridized carbons (Fsp3) is 0.562. The van der Waals surface area contributed by atoms with E-state index in [-0.39, 0.29) is 11.8 Å². The Bertz CT molecular complexity index is 490. The van der Waals surface area contributed by atoms with Gasteiger partial charge in [-0.3, -0.25) is 4.79 Å². The summed E-state index contributed by atoms with van der Waals surface area (Å²) in [4.78, 5) is 11.9. The first kappa shape index (κ1) is 15.6. The number of carbonyl (C=O) groups excluding carboxylic acids is 1. The molecule has 0 aliphatic carbocycles. The monoisotopic (exact) mass is 292 g/mol. The summed E-state index contributed by atoms with van der Waals surface area (Å²) in [5.74, 6) is 1.68. The van der Waals surface area contributed by atoms with Crippen LogP contribution in [-0.2, 0) is 11.2 Å². The molecule has 1 heterocycles. The van der Waals surface area contributed by atoms with Crippen LogP contribution in [0, 0.1) is 5.92 Å². The van der Waals surface area contributed by atoms with Crippen LogP contribution in [0.4, 0.5) is 0 Å². The number of amides is 1. The maximum absolute atomic E-state index is 11.9. The Hall–Kier alpha value is -1.75. The number of nitrogens with one attached hydrogen (secondary N) is 1. The largest absolute Gasteiger partial charge is 0.486 e. The van der Waals surface area contributed by atoms with Gasteiger partial charge in [0.2, 0.25) is 5.91 Å². The number of carbonyl (C=O) groups is 1. The zero-order valence-electron chi connectivity index (χ0n) is 12.7. The summed E-state index contributed by atoms with van der Waals surface area (Å²) in [5, 5.41) is 2.89. The average Bonchev–Trinajstić information content (AvgIpc) is 2.53. The van der Waals surface area contributed by atoms with Crippen LogP contribution >= 0.6 is 0 Å². The van der Waals surface area contributed by atoms with Gasteiger partial charge in [-0.15, -0.1) is 0 Å². The van der Waals surface area contributed by atoms with Crippen molar-refractivity contribution in [3.05, 3.63) is 23.8 Å². The molecule has 0 fully saturated rings. The highest BCUT2D eigenvalue weighted by Gasteiger charge is 2.18. The molecule has 0 saturated heterocycles. The Morgan fingerprint density at radius 3 is 2.76 bits per heavy atom. The Labute approximate surface area is 125 Å². The second-order valence-electron chi connectivity index (χ2n) is 5.43. The lowest BCUT2D eigenvalue weighted by atomic mass is 9.99. The molecule has 1 amide bonds. The number of nitrogens with two attached hydrogens (primary N) is 1. The standard InChI is InChI=1S/C16H24N2O3/c1-3-11(2)15(17)16(19)18-7-6-12-4-5-13-14(10-12)21-9-8-20-13/h4-5,10-11,15H,3,6-9,17H2,1-2H3,(H,18,19)/t11?,15-/m0/s1. The van der Waals surface area contributed by atoms with Gasteiger partial charge in [0.25, 0.3) is 0 Å². The van der Waals surface area contributed by atoms with E-state index in [0.717, 1.165) is 29.9 Å². The van der Waals surface area contributed by atoms with E-state index < -0.39 is 6.04 Å². The lowest BCUT2D eigenvalue weighted by Crippen LogP contribution is -2.45. The summed E-state index contributed by atoms with van der Waals surface area (Å²) in [6.07, 6.45) is 1.65. The molecule has 2 rings (SSSR count). The van der Waals surface area contributed by atoms with Crippen LogP contribution in [0.5, 0.6) is 11.5 Å². The minimum atomic E-state index is -0.435. The lowest BCUT2D eigenvalue weighted by molar-refractivity contribution is -0.123. The highest BCUT2D eigenvalue weighted by atomic mass is 16.6. The van der Waals surface area contributed by atoms with Crippen LogP contribution < -0.4 is 20.5 Å². The molecule has 3 N–H and O–H groups in total. The zero-order valence-corrected chi connectivity index (χ0v) is 12.7. The van der Waals surface area contributed by atoms with Gasteiger partial charge in [-0.1, -0.05) is 26.3 Å². The fourth-order valence-electron chi connectivity index (χ4n) is 2.20. The molecule has 1 aliphatic rings. The van der Waals surface area contributed by atoms with Crippen molar-refractivity contribution in [1.29, 1.82) is 0 Å². The summed E-state index contributed by atoms with van der Waals surface area (Å²) < 4.78 is 11.0. The Morgan fingerprint density at radius 1 is 1.33 bits per heavy atom. The molecule has 0 aromatic heterocycles. The minimum absolute atomic E-state index is 0.0816. The molecule has 116 valence electrons. The molecule has 1 aromatic rings. The topological polar surface area (TPSA) is 73.6 Å². The summed E-state index contributed by atoms with van der Waals surface area (Å²) in [7, 11) is 0. The number of hydrogen-bond donors (Lipinski definition) is 2. The van der Waals surface area contributed by atoms with Gasteiger partial charge in [-0.25, -0.2) is 0 Å². The fourth-order valence-corrected chi connectivity index (χ4v) is 2.20. The smallest absolute Gasteiger partial charge is 0.237 e. The quantitative estimate of drug-likeness (QED) is 0.833. The predicted octanol–water partition coefficient (Wildman–Crippen LogP) is 1.49. The summed E-state index contributed by atoms with van der Waals surface area (Å²) >= 11 is 0. The maximum atomic E-state index is 11.9. The summed E-state index contributed by atoms with van der Waals surface area (Å²) in [6.45, 7) is 5.77. The first-order chi connectivity index (χ1) is 10.1. The Morgan fingerprint density at radius 2 is 2.05 bits per heavy atom. The first-order valence-electron chi connectivity index (χ1n) is 7.53. The van der Waals surface area contributed by atoms with Crippen molar-refractivity contribution >= 4 is 5.91 Å². The van der Waals surface area contributed by atoms with Crippen molar-refractivity contribution in [3.8, 4) is 11.5 Å². The van der Waals surface area contributed by atoms with Gasteiger partial charge in [0.05, 0.1) is 6.04 Å². The Balaban J connectivity index is 1.82. The minimum Gasteiger partial charge on any atom is -0.486 e. The van der Waals surface area contributed by atoms with Crippen molar-refractivity contribution in [3.63, 3.8) is 0 Å². The van der Waals surface area contributed by atoms with Gasteiger partial charge in [-0.05, 0) is 30.0 Å². The van der Waals surface area contributed by atoms with Gasteiger partial charge in [0, 0.05) is 6.54 Å². The third-order valence-electron chi connectivity index (χ3n) is 3.88. The van der Waals surface area contributed by atoms with Gasteiger partial charge in [0.15, 0.2) is 11.5 Å². The molecule has 1 aliphatic heterocycles. The zero-order chi connectivity index (χ0) is 15.2. The molecule has 2 atom stereocenters. The third kappa shape index (κ3) is 4.11. The van der Waals surface area contributed by atoms with E-state index in [1.54, 1.807) is 0 Å². The number of hydrogen-bond acceptors (Lipinski definition) is 4. The SMILES string of the molecule is CCC(C)[C@H](N)C(=O)NCCc1ccc2c(c1)OCCO2. The number of ether oxygens (including phenoxy) is 2. The van der Waals surface area contributed by atoms with Gasteiger partial charge >= 0.3 is 0 Å². The van der Waals surface area contributed by atoms with Crippen LogP contribution in [0.3, 0.4) is 0 Å². The molecule has 1 aromatic carbocycles. The highest BCUT2D eigenvalue weighted by Crippen LogP contribution is 2.30. The Kier molecular flexibility index (Phi) is 5.44. The number of benzene rings is 1. The summed E-state index contributed by atoms with van der Waals surface area (Å²) in [6, 6.07) is 5.44. The van der Waals surface area contributed by atoms with E-state index >= 15 is 0 Å². The first-order valence-corrected chi connectivity index (χ1v) is 7.53. The van der Waals surface area contributed by atoms with Crippen LogP contribution in [-0.4, -0.2) is 31.7 Å². The molecule has 21 heavy (non-hydrogen) atoms. The predicted molar refractivity (Wildman–Crippen MR) is 81.6 cm³/mol. The molecule has 0 spiro atoms. The third-order valence-corrected chi connectivity index (χ3v) is 3.88. The van der Waals surface area contributed by atoms with E-state index in [2.05, 4.69) is 5.32 Å². The van der Waals surface area contributed by atoms with Crippen molar-refractivity contribution in [2.45, 2.75) is 32.7 Å². The van der Waals surface area contributed by atoms with Gasteiger partial charge in [0.1, 0.15) is 13.2 Å². The van der Waals surface area contributed by atoms with Crippen LogP contribution in [0.15, 0.2) is 18.2 Å². The van der Waals surface area contributed by atoms with E-state index in [4.69, 9.17) is 15.2 Å². The van der Waals surface area contributed by atoms with Crippen LogP contribution in [0.1, 0.15) is 25.8 Å². The molecule has 5 nitrogen and oxygen atoms in total. The van der Waals surface area contributed by atoms with Crippen LogP contribution in [0.25, 0.3) is 0 Å². The average molecular weight is 292 g/mol. The van der Waals surface area contributed by atoms with E-state index in [9.17, 15) is 4.79 Å². The van der Waals surface area contributed by atoms with Crippen LogP contribution in [0.2, 0.25) is 0 Å². The van der Waals surface area contributed by atoms with E-state index in [0.29, 0.717) is 19.8 Å². The second-order valence-corrected chi connectivity index (χ2v) is 5.43. The number of rotatable bonds is 6. The molecule has 0 saturated carbocycles. The summed E-state index contributed by atoms with van der Waals surface area (Å²) in [5.41, 5.74) is 7.00. The molecule has 0 radical (unpaired) electrons. The van der Waals surface area contributed by atoms with Gasteiger partial charge in [-0.2, -0.15) is 0 Å². The van der Waals surface area contributed by atoms with E-state index in [1.165, 1.54) is 0 Å². The normalized spacial score (nSPS) is 16.1. The van der Waals surface area contributed by atoms with Crippen molar-refractivity contribution in [2.75, 3.05) is 19.8 Å². The lowest BCUT2D eigenvalue weighted by Gasteiger charge is -2.19. The number of fused-ring (bicyclic) bond motifs is 1. The van der Waals surface area contributed by atoms with Crippen molar-refractivity contribution < 1.29 is 14.3 Å². The van der Waals surface area contributed by atoms with Crippen molar-refractivity contribution in [1.82, 2.24) is 5.32 Å². The molecular formula is C16H24N2O3. The molecule has 1 unspecified atom stereocenters. The molecule has 5 heteroatoms. The van der Waals surface area contributed by atoms with Crippen molar-refractivity contribution in [2.24, 2.45) is 11.7 Å².